The van der Waals surface area contributed by atoms with Gasteiger partial charge in [-0.25, -0.2) is 15.4 Å². The molecule has 1 atom stereocenters. The number of epoxide rings is 1. The lowest BCUT2D eigenvalue weighted by atomic mass is 10.1. The predicted molar refractivity (Wildman–Crippen MR) is 109 cm³/mol. The molecule has 2 saturated heterocycles. The molecule has 8 nitrogen and oxygen atoms in total. The average Bonchev–Trinajstić information content (AvgIpc) is 3.36. The number of hydrazine groups is 1. The van der Waals surface area contributed by atoms with Gasteiger partial charge in [-0.1, -0.05) is 12.1 Å². The number of anilines is 3. The molecule has 1 spiro atoms. The summed E-state index contributed by atoms with van der Waals surface area (Å²) in [6.45, 7) is 3.34. The van der Waals surface area contributed by atoms with E-state index in [1.165, 1.54) is 0 Å². The Hall–Kier alpha value is -2.97. The maximum absolute atomic E-state index is 5.61. The Balaban J connectivity index is 1.36. The zero-order chi connectivity index (χ0) is 19.0. The molecule has 0 bridgehead atoms. The number of pyridine rings is 1. The van der Waals surface area contributed by atoms with Gasteiger partial charge in [-0.2, -0.15) is 0 Å². The van der Waals surface area contributed by atoms with Crippen LogP contribution in [0.1, 0.15) is 12.0 Å². The van der Waals surface area contributed by atoms with Crippen LogP contribution in [0.15, 0.2) is 42.7 Å². The molecule has 2 fully saturated rings. The van der Waals surface area contributed by atoms with E-state index in [-0.39, 0.29) is 5.60 Å². The highest BCUT2D eigenvalue weighted by molar-refractivity contribution is 5.79. The summed E-state index contributed by atoms with van der Waals surface area (Å²) in [6, 6.07) is 10.3. The molecule has 2 aliphatic heterocycles. The smallest absolute Gasteiger partial charge is 0.183 e. The molecule has 1 unspecified atom stereocenters. The van der Waals surface area contributed by atoms with E-state index in [0.29, 0.717) is 12.4 Å². The molecule has 3 aromatic rings. The van der Waals surface area contributed by atoms with Gasteiger partial charge in [0, 0.05) is 31.7 Å². The number of rotatable bonds is 6. The molecular formula is C20H23N7O. The molecule has 4 heterocycles. The molecule has 5 rings (SSSR count). The van der Waals surface area contributed by atoms with E-state index in [4.69, 9.17) is 9.72 Å². The van der Waals surface area contributed by atoms with Crippen molar-refractivity contribution in [2.75, 3.05) is 42.4 Å². The summed E-state index contributed by atoms with van der Waals surface area (Å²) in [4.78, 5) is 16.0. The molecule has 2 aromatic heterocycles. The molecule has 8 heteroatoms. The van der Waals surface area contributed by atoms with Crippen molar-refractivity contribution in [3.63, 3.8) is 0 Å². The summed E-state index contributed by atoms with van der Waals surface area (Å²) in [7, 11) is 1.81. The van der Waals surface area contributed by atoms with E-state index in [1.54, 1.807) is 0 Å². The summed E-state index contributed by atoms with van der Waals surface area (Å²) in [6.07, 6.45) is 4.68. The third kappa shape index (κ3) is 3.32. The molecule has 0 aliphatic carbocycles. The summed E-state index contributed by atoms with van der Waals surface area (Å²) in [5, 5.41) is 4.55. The van der Waals surface area contributed by atoms with Crippen LogP contribution in [0.25, 0.3) is 10.9 Å². The number of hydrogen-bond donors (Lipinski definition) is 3. The topological polar surface area (TPSA) is 90.5 Å². The molecule has 3 N–H and O–H groups in total. The second-order valence-corrected chi connectivity index (χ2v) is 7.33. The summed E-state index contributed by atoms with van der Waals surface area (Å²) in [5.41, 5.74) is 8.20. The van der Waals surface area contributed by atoms with Gasteiger partial charge < -0.3 is 20.4 Å². The fourth-order valence-electron chi connectivity index (χ4n) is 3.66. The van der Waals surface area contributed by atoms with Crippen molar-refractivity contribution in [1.29, 1.82) is 0 Å². The molecule has 144 valence electrons. The van der Waals surface area contributed by atoms with Gasteiger partial charge in [0.1, 0.15) is 11.4 Å². The third-order valence-electron chi connectivity index (χ3n) is 5.32. The molecule has 0 amide bonds. The SMILES string of the molecule is CNNc1ncc(N2CCC3(CO3)C2)nc1NCc1ccc2ncccc2c1. The van der Waals surface area contributed by atoms with Gasteiger partial charge in [0.05, 0.1) is 24.9 Å². The predicted octanol–water partition coefficient (Wildman–Crippen LogP) is 2.16. The Kier molecular flexibility index (Phi) is 4.22. The lowest BCUT2D eigenvalue weighted by Crippen LogP contribution is -2.25. The highest BCUT2D eigenvalue weighted by atomic mass is 16.6. The number of aromatic nitrogens is 3. The Morgan fingerprint density at radius 2 is 2.14 bits per heavy atom. The van der Waals surface area contributed by atoms with Crippen molar-refractivity contribution in [1.82, 2.24) is 20.4 Å². The summed E-state index contributed by atoms with van der Waals surface area (Å²) >= 11 is 0. The fourth-order valence-corrected chi connectivity index (χ4v) is 3.66. The second kappa shape index (κ2) is 6.88. The number of nitrogens with zero attached hydrogens (tertiary/aromatic N) is 4. The standard InChI is InChI=1S/C20H23N7O/c1-21-26-19-18(23-10-14-4-5-16-15(9-14)3-2-7-22-16)25-17(11-24-19)27-8-6-20(12-27)13-28-20/h2-5,7,9,11,21H,6,8,10,12-13H2,1H3,(H,23,25)(H,24,26). The summed E-state index contributed by atoms with van der Waals surface area (Å²) < 4.78 is 5.61. The first-order valence-electron chi connectivity index (χ1n) is 9.51. The molecule has 0 radical (unpaired) electrons. The van der Waals surface area contributed by atoms with Gasteiger partial charge in [0.15, 0.2) is 11.6 Å². The van der Waals surface area contributed by atoms with Crippen molar-refractivity contribution in [2.45, 2.75) is 18.6 Å². The fraction of sp³-hybridized carbons (Fsp3) is 0.350. The molecular weight excluding hydrogens is 354 g/mol. The van der Waals surface area contributed by atoms with Crippen molar-refractivity contribution < 1.29 is 4.74 Å². The first-order valence-corrected chi connectivity index (χ1v) is 9.51. The highest BCUT2D eigenvalue weighted by Crippen LogP contribution is 2.38. The van der Waals surface area contributed by atoms with Gasteiger partial charge in [-0.15, -0.1) is 0 Å². The van der Waals surface area contributed by atoms with E-state index in [9.17, 15) is 0 Å². The molecule has 2 aliphatic rings. The Labute approximate surface area is 163 Å². The second-order valence-electron chi connectivity index (χ2n) is 7.33. The normalized spacial score (nSPS) is 20.7. The maximum Gasteiger partial charge on any atom is 0.183 e. The third-order valence-corrected chi connectivity index (χ3v) is 5.32. The van der Waals surface area contributed by atoms with Crippen LogP contribution in [0.5, 0.6) is 0 Å². The molecule has 0 saturated carbocycles. The Bertz CT molecular complexity index is 1000. The average molecular weight is 377 g/mol. The first-order chi connectivity index (χ1) is 13.7. The van der Waals surface area contributed by atoms with Gasteiger partial charge in [0.2, 0.25) is 0 Å². The minimum Gasteiger partial charge on any atom is -0.368 e. The van der Waals surface area contributed by atoms with Crippen molar-refractivity contribution >= 4 is 28.4 Å². The number of nitrogens with one attached hydrogen (secondary N) is 3. The van der Waals surface area contributed by atoms with Gasteiger partial charge in [-0.05, 0) is 30.2 Å². The monoisotopic (exact) mass is 377 g/mol. The van der Waals surface area contributed by atoms with E-state index >= 15 is 0 Å². The lowest BCUT2D eigenvalue weighted by molar-refractivity contribution is 0.325. The van der Waals surface area contributed by atoms with Crippen LogP contribution < -0.4 is 21.1 Å². The van der Waals surface area contributed by atoms with Crippen LogP contribution >= 0.6 is 0 Å². The first kappa shape index (κ1) is 17.2. The van der Waals surface area contributed by atoms with Crippen LogP contribution in [0.3, 0.4) is 0 Å². The van der Waals surface area contributed by atoms with Crippen LogP contribution in [0.4, 0.5) is 17.5 Å². The van der Waals surface area contributed by atoms with E-state index in [0.717, 1.165) is 54.2 Å². The molecule has 1 aromatic carbocycles. The minimum absolute atomic E-state index is 0.0658. The Morgan fingerprint density at radius 1 is 1.21 bits per heavy atom. The van der Waals surface area contributed by atoms with Gasteiger partial charge in [-0.3, -0.25) is 4.98 Å². The van der Waals surface area contributed by atoms with Crippen LogP contribution in [-0.4, -0.2) is 47.3 Å². The van der Waals surface area contributed by atoms with Gasteiger partial charge >= 0.3 is 0 Å². The maximum atomic E-state index is 5.61. The highest BCUT2D eigenvalue weighted by Gasteiger charge is 2.50. The van der Waals surface area contributed by atoms with Crippen LogP contribution in [-0.2, 0) is 11.3 Å². The quantitative estimate of drug-likeness (QED) is 0.445. The largest absolute Gasteiger partial charge is 0.368 e. The number of hydrogen-bond acceptors (Lipinski definition) is 8. The Morgan fingerprint density at radius 3 is 2.96 bits per heavy atom. The van der Waals surface area contributed by atoms with E-state index in [2.05, 4.69) is 49.2 Å². The van der Waals surface area contributed by atoms with E-state index in [1.807, 2.05) is 31.6 Å². The van der Waals surface area contributed by atoms with Crippen molar-refractivity contribution in [2.24, 2.45) is 0 Å². The number of fused-ring (bicyclic) bond motifs is 1. The summed E-state index contributed by atoms with van der Waals surface area (Å²) in [5.74, 6) is 2.26. The zero-order valence-corrected chi connectivity index (χ0v) is 15.8. The number of ether oxygens (including phenoxy) is 1. The van der Waals surface area contributed by atoms with Crippen molar-refractivity contribution in [3.8, 4) is 0 Å². The minimum atomic E-state index is 0.0658. The number of benzene rings is 1. The van der Waals surface area contributed by atoms with Crippen LogP contribution in [0, 0.1) is 0 Å². The molecule has 28 heavy (non-hydrogen) atoms. The lowest BCUT2D eigenvalue weighted by Gasteiger charge is -2.19. The van der Waals surface area contributed by atoms with Crippen LogP contribution in [0.2, 0.25) is 0 Å². The zero-order valence-electron chi connectivity index (χ0n) is 15.8. The van der Waals surface area contributed by atoms with Gasteiger partial charge in [0.25, 0.3) is 0 Å². The van der Waals surface area contributed by atoms with Crippen molar-refractivity contribution in [3.05, 3.63) is 48.3 Å². The van der Waals surface area contributed by atoms with E-state index < -0.39 is 0 Å².